The quantitative estimate of drug-likeness (QED) is 0.636. The summed E-state index contributed by atoms with van der Waals surface area (Å²) < 4.78 is 0. The van der Waals surface area contributed by atoms with E-state index >= 15 is 0 Å². The smallest absolute Gasteiger partial charge is 0.272 e. The van der Waals surface area contributed by atoms with E-state index in [2.05, 4.69) is 0 Å². The number of hydrogen-bond acceptors (Lipinski definition) is 3. The number of likely N-dealkylation sites (tertiary alicyclic amines) is 1. The normalized spacial score (nSPS) is 15.2. The average Bonchev–Trinajstić information content (AvgIpc) is 2.63. The summed E-state index contributed by atoms with van der Waals surface area (Å²) in [6.07, 6.45) is 2.46. The van der Waals surface area contributed by atoms with Crippen molar-refractivity contribution in [3.05, 3.63) is 75.8 Å². The third-order valence-electron chi connectivity index (χ3n) is 4.62. The van der Waals surface area contributed by atoms with Crippen LogP contribution in [-0.2, 0) is 6.42 Å². The molecule has 0 saturated carbocycles. The van der Waals surface area contributed by atoms with E-state index in [1.165, 1.54) is 0 Å². The fourth-order valence-corrected chi connectivity index (χ4v) is 3.28. The largest absolute Gasteiger partial charge is 0.339 e. The molecule has 1 heterocycles. The van der Waals surface area contributed by atoms with Crippen molar-refractivity contribution < 1.29 is 9.72 Å². The Labute approximate surface area is 141 Å². The molecule has 1 amide bonds. The number of benzene rings is 2. The van der Waals surface area contributed by atoms with Crippen molar-refractivity contribution in [2.24, 2.45) is 5.92 Å². The number of hydrogen-bond donors (Lipinski definition) is 0. The Kier molecular flexibility index (Phi) is 4.89. The zero-order valence-corrected chi connectivity index (χ0v) is 13.4. The molecular weight excluding hydrogens is 304 g/mol. The van der Waals surface area contributed by atoms with Gasteiger partial charge in [-0.05, 0) is 37.3 Å². The van der Waals surface area contributed by atoms with Gasteiger partial charge in [0.1, 0.15) is 0 Å². The van der Waals surface area contributed by atoms with E-state index in [4.69, 9.17) is 0 Å². The number of nitro benzene ring substituents is 1. The van der Waals surface area contributed by atoms with Gasteiger partial charge in [-0.1, -0.05) is 36.4 Å². The van der Waals surface area contributed by atoms with Crippen molar-refractivity contribution in [3.63, 3.8) is 0 Å². The highest BCUT2D eigenvalue weighted by Crippen LogP contribution is 2.27. The average molecular weight is 324 g/mol. The van der Waals surface area contributed by atoms with Crippen LogP contribution in [0, 0.1) is 16.0 Å². The first-order valence-electron chi connectivity index (χ1n) is 8.22. The molecule has 2 aromatic carbocycles. The molecule has 2 aromatic rings. The molecule has 0 bridgehead atoms. The first-order valence-corrected chi connectivity index (χ1v) is 8.22. The monoisotopic (exact) mass is 324 g/mol. The van der Waals surface area contributed by atoms with Crippen molar-refractivity contribution in [1.29, 1.82) is 0 Å². The van der Waals surface area contributed by atoms with Crippen molar-refractivity contribution in [3.8, 4) is 0 Å². The number of nitro groups is 1. The van der Waals surface area contributed by atoms with Gasteiger partial charge in [-0.25, -0.2) is 0 Å². The molecule has 5 nitrogen and oxygen atoms in total. The van der Waals surface area contributed by atoms with Gasteiger partial charge in [-0.2, -0.15) is 0 Å². The van der Waals surface area contributed by atoms with Crippen LogP contribution in [0.5, 0.6) is 0 Å². The Morgan fingerprint density at radius 3 is 2.33 bits per heavy atom. The van der Waals surface area contributed by atoms with E-state index in [1.807, 2.05) is 47.4 Å². The maximum Gasteiger partial charge on any atom is 0.272 e. The van der Waals surface area contributed by atoms with E-state index in [9.17, 15) is 14.9 Å². The lowest BCUT2D eigenvalue weighted by molar-refractivity contribution is -0.385. The Morgan fingerprint density at radius 2 is 1.67 bits per heavy atom. The summed E-state index contributed by atoms with van der Waals surface area (Å²) >= 11 is 0. The van der Waals surface area contributed by atoms with Crippen LogP contribution < -0.4 is 0 Å². The van der Waals surface area contributed by atoms with Crippen molar-refractivity contribution in [2.45, 2.75) is 19.3 Å². The standard InChI is InChI=1S/C19H20N2O3/c22-19(16-6-2-1-3-7-16)20-12-10-15(11-13-20)14-17-8-4-5-9-18(17)21(23)24/h1-9,15H,10-14H2. The number of para-hydroxylation sites is 1. The molecule has 1 aliphatic rings. The summed E-state index contributed by atoms with van der Waals surface area (Å²) in [4.78, 5) is 25.1. The SMILES string of the molecule is O=C(c1ccccc1)N1CCC(Cc2ccccc2[N+](=O)[O-])CC1. The number of carbonyl (C=O) groups is 1. The van der Waals surface area contributed by atoms with E-state index in [1.54, 1.807) is 12.1 Å². The van der Waals surface area contributed by atoms with E-state index in [0.29, 0.717) is 25.4 Å². The van der Waals surface area contributed by atoms with Crippen LogP contribution in [0.25, 0.3) is 0 Å². The lowest BCUT2D eigenvalue weighted by atomic mass is 9.89. The lowest BCUT2D eigenvalue weighted by Gasteiger charge is -2.32. The van der Waals surface area contributed by atoms with Crippen LogP contribution in [0.15, 0.2) is 54.6 Å². The van der Waals surface area contributed by atoms with Gasteiger partial charge in [-0.3, -0.25) is 14.9 Å². The van der Waals surface area contributed by atoms with Gasteiger partial charge in [0.05, 0.1) is 4.92 Å². The fourth-order valence-electron chi connectivity index (χ4n) is 3.28. The molecule has 1 aliphatic heterocycles. The zero-order valence-electron chi connectivity index (χ0n) is 13.4. The third kappa shape index (κ3) is 3.62. The summed E-state index contributed by atoms with van der Waals surface area (Å²) in [6, 6.07) is 16.2. The second-order valence-corrected chi connectivity index (χ2v) is 6.19. The number of piperidine rings is 1. The Balaban J connectivity index is 1.60. The molecule has 1 saturated heterocycles. The van der Waals surface area contributed by atoms with Crippen LogP contribution in [0.3, 0.4) is 0 Å². The van der Waals surface area contributed by atoms with Crippen molar-refractivity contribution >= 4 is 11.6 Å². The van der Waals surface area contributed by atoms with E-state index in [0.717, 1.165) is 24.0 Å². The highest BCUT2D eigenvalue weighted by molar-refractivity contribution is 5.94. The Bertz CT molecular complexity index is 722. The van der Waals surface area contributed by atoms with Crippen molar-refractivity contribution in [1.82, 2.24) is 4.90 Å². The molecule has 0 radical (unpaired) electrons. The summed E-state index contributed by atoms with van der Waals surface area (Å²) in [7, 11) is 0. The second kappa shape index (κ2) is 7.25. The van der Waals surface area contributed by atoms with Gasteiger partial charge in [0.25, 0.3) is 11.6 Å². The minimum absolute atomic E-state index is 0.0692. The highest BCUT2D eigenvalue weighted by Gasteiger charge is 2.25. The summed E-state index contributed by atoms with van der Waals surface area (Å²) in [5.41, 5.74) is 1.70. The zero-order chi connectivity index (χ0) is 16.9. The number of nitrogens with zero attached hydrogens (tertiary/aromatic N) is 2. The summed E-state index contributed by atoms with van der Waals surface area (Å²) in [6.45, 7) is 1.41. The van der Waals surface area contributed by atoms with Gasteiger partial charge in [0.2, 0.25) is 0 Å². The van der Waals surface area contributed by atoms with Gasteiger partial charge in [-0.15, -0.1) is 0 Å². The molecule has 0 aliphatic carbocycles. The minimum Gasteiger partial charge on any atom is -0.339 e. The molecule has 24 heavy (non-hydrogen) atoms. The van der Waals surface area contributed by atoms with Crippen LogP contribution in [0.4, 0.5) is 5.69 Å². The summed E-state index contributed by atoms with van der Waals surface area (Å²) in [5, 5.41) is 11.1. The number of amides is 1. The third-order valence-corrected chi connectivity index (χ3v) is 4.62. The van der Waals surface area contributed by atoms with Gasteiger partial charge in [0.15, 0.2) is 0 Å². The predicted molar refractivity (Wildman–Crippen MR) is 91.9 cm³/mol. The van der Waals surface area contributed by atoms with Crippen molar-refractivity contribution in [2.75, 3.05) is 13.1 Å². The molecule has 1 fully saturated rings. The fraction of sp³-hybridized carbons (Fsp3) is 0.316. The van der Waals surface area contributed by atoms with Crippen LogP contribution in [0.1, 0.15) is 28.8 Å². The number of carbonyl (C=O) groups excluding carboxylic acids is 1. The Morgan fingerprint density at radius 1 is 1.04 bits per heavy atom. The lowest BCUT2D eigenvalue weighted by Crippen LogP contribution is -2.38. The molecule has 0 aromatic heterocycles. The molecule has 0 N–H and O–H groups in total. The molecule has 0 unspecified atom stereocenters. The number of rotatable bonds is 4. The van der Waals surface area contributed by atoms with Crippen LogP contribution >= 0.6 is 0 Å². The van der Waals surface area contributed by atoms with Crippen LogP contribution in [0.2, 0.25) is 0 Å². The van der Waals surface area contributed by atoms with E-state index in [-0.39, 0.29) is 16.5 Å². The molecular formula is C19H20N2O3. The van der Waals surface area contributed by atoms with Gasteiger partial charge >= 0.3 is 0 Å². The summed E-state index contributed by atoms with van der Waals surface area (Å²) in [5.74, 6) is 0.450. The molecule has 124 valence electrons. The molecule has 0 spiro atoms. The van der Waals surface area contributed by atoms with Gasteiger partial charge in [0, 0.05) is 30.3 Å². The second-order valence-electron chi connectivity index (χ2n) is 6.19. The molecule has 3 rings (SSSR count). The molecule has 5 heteroatoms. The minimum atomic E-state index is -0.316. The Hall–Kier alpha value is -2.69. The molecule has 0 atom stereocenters. The maximum atomic E-state index is 12.4. The van der Waals surface area contributed by atoms with E-state index < -0.39 is 0 Å². The first kappa shape index (κ1) is 16.2. The maximum absolute atomic E-state index is 12.4. The first-order chi connectivity index (χ1) is 11.6. The van der Waals surface area contributed by atoms with Gasteiger partial charge < -0.3 is 4.90 Å². The highest BCUT2D eigenvalue weighted by atomic mass is 16.6. The van der Waals surface area contributed by atoms with Crippen LogP contribution in [-0.4, -0.2) is 28.8 Å². The topological polar surface area (TPSA) is 63.5 Å². The predicted octanol–water partition coefficient (Wildman–Crippen LogP) is 3.69.